The standard InChI is InChI=1S/C29H33F3N4O2.C28H28F5N3O2.C28H30F3N3O2.C26H28F3N3O2/c1-34(2)22-13-15-23(16-14-22)35(3)28(38)21(17-20-9-5-4-6-10-20)18-24(37)19-36-26-12-8-7-11-25(26)27(33-36)29(30,31)32;1-17-11-18(14-21(30)12-17)13-19(27(38)35(2)22-9-7-20(29)8-10-22)15-23(37)16-36-25-6-4-3-5-24(25)26(34-36)28(31,32)33;1-19-9-8-10-20(15-19)16-21(27(36)33(2)22-11-4-3-5-12-22)17-23(35)18-34-25-14-7-6-13-24(25)26(32-34)28(29,30)31;1-31(20-11-3-2-4-12-20)25(34)19(15-18-9-5-6-10-18)16-21(33)17-32-23-14-8-7-13-22(23)24(30-32)26(27,28)29/h4-6,9-10,13-16,21H,7-8,11-12,17-19H2,1-3H3;7-12,14,19H,3-6,13,15-16H2,1-2H3;3-5,8-12,15,21H,6-7,13-14,16-18H2,1-2H3;2-5,9-12,19H,6-8,13-17H2,1H3/t21-;19-;21-;19-/m1111/s1. The molecule has 146 heavy (non-hydrogen) atoms. The number of hydrogen-bond donors (Lipinski definition) is 0. The first-order valence-electron chi connectivity index (χ1n) is 49.0. The van der Waals surface area contributed by atoms with Gasteiger partial charge >= 0.3 is 24.7 Å². The van der Waals surface area contributed by atoms with E-state index >= 15 is 0 Å². The van der Waals surface area contributed by atoms with E-state index in [2.05, 4.69) is 20.4 Å². The summed E-state index contributed by atoms with van der Waals surface area (Å²) in [4.78, 5) is 114. The number of benzene rings is 7. The zero-order valence-electron chi connectivity index (χ0n) is 82.7. The molecular formula is C111H119F14N13O8. The van der Waals surface area contributed by atoms with Crippen molar-refractivity contribution in [3.63, 3.8) is 0 Å². The zero-order valence-corrected chi connectivity index (χ0v) is 82.7. The Hall–Kier alpha value is -13.8. The summed E-state index contributed by atoms with van der Waals surface area (Å²) in [5, 5.41) is 15.2. The molecule has 4 atom stereocenters. The maximum absolute atomic E-state index is 14.0. The van der Waals surface area contributed by atoms with E-state index in [1.165, 1.54) is 77.1 Å². The van der Waals surface area contributed by atoms with E-state index in [0.29, 0.717) is 147 Å². The predicted octanol–water partition coefficient (Wildman–Crippen LogP) is 22.0. The number of allylic oxidation sites excluding steroid dienone is 4. The van der Waals surface area contributed by atoms with Crippen LogP contribution in [-0.4, -0.2) is 128 Å². The molecule has 4 amide bonds. The van der Waals surface area contributed by atoms with Crippen LogP contribution in [0.4, 0.5) is 89.9 Å². The summed E-state index contributed by atoms with van der Waals surface area (Å²) < 4.78 is 195. The fourth-order valence-electron chi connectivity index (χ4n) is 19.9. The molecule has 0 unspecified atom stereocenters. The first-order chi connectivity index (χ1) is 69.3. The number of nitrogens with zero attached hydrogens (tertiary/aromatic N) is 13. The van der Waals surface area contributed by atoms with Gasteiger partial charge in [0.2, 0.25) is 23.6 Å². The van der Waals surface area contributed by atoms with Gasteiger partial charge in [-0.3, -0.25) is 57.1 Å². The lowest BCUT2D eigenvalue weighted by molar-refractivity contribution is -0.143. The summed E-state index contributed by atoms with van der Waals surface area (Å²) in [6, 6.07) is 52.6. The molecule has 35 heteroatoms. The smallest absolute Gasteiger partial charge is 0.378 e. The third kappa shape index (κ3) is 28.7. The molecule has 0 aliphatic heterocycles. The van der Waals surface area contributed by atoms with Crippen molar-refractivity contribution in [1.82, 2.24) is 39.1 Å². The molecule has 0 radical (unpaired) electrons. The molecule has 16 rings (SSSR count). The number of anilines is 5. The Balaban J connectivity index is 0.000000163. The van der Waals surface area contributed by atoms with E-state index in [4.69, 9.17) is 0 Å². The highest BCUT2D eigenvalue weighted by Gasteiger charge is 2.45. The number of alkyl halides is 12. The average molecular weight is 2030 g/mol. The molecule has 4 aromatic heterocycles. The maximum Gasteiger partial charge on any atom is 0.435 e. The fraction of sp³-hybridized carbons (Fsp3) is 0.405. The Morgan fingerprint density at radius 2 is 0.610 bits per heavy atom. The number of aromatic nitrogens is 8. The number of hydrogen-bond acceptors (Lipinski definition) is 13. The highest BCUT2D eigenvalue weighted by Crippen LogP contribution is 2.42. The normalized spacial score (nSPS) is 14.6. The van der Waals surface area contributed by atoms with E-state index in [9.17, 15) is 99.8 Å². The van der Waals surface area contributed by atoms with Crippen LogP contribution in [0.2, 0.25) is 0 Å². The highest BCUT2D eigenvalue weighted by molar-refractivity contribution is 6.00. The average Bonchev–Trinajstić information content (AvgIpc) is 1.64. The minimum absolute atomic E-state index is 0.0414. The summed E-state index contributed by atoms with van der Waals surface area (Å²) in [7, 11) is 10.4. The van der Waals surface area contributed by atoms with Crippen LogP contribution in [0.25, 0.3) is 0 Å². The van der Waals surface area contributed by atoms with E-state index in [0.717, 1.165) is 64.0 Å². The summed E-state index contributed by atoms with van der Waals surface area (Å²) in [5.41, 5.74) is 7.57. The topological polar surface area (TPSA) is 224 Å². The quantitative estimate of drug-likeness (QED) is 0.0349. The molecule has 21 nitrogen and oxygen atoms in total. The molecule has 0 fully saturated rings. The molecule has 5 aliphatic rings. The predicted molar refractivity (Wildman–Crippen MR) is 528 cm³/mol. The van der Waals surface area contributed by atoms with Gasteiger partial charge in [-0.2, -0.15) is 73.1 Å². The van der Waals surface area contributed by atoms with Gasteiger partial charge in [-0.1, -0.05) is 126 Å². The van der Waals surface area contributed by atoms with Crippen LogP contribution in [0.1, 0.15) is 186 Å². The van der Waals surface area contributed by atoms with Crippen LogP contribution < -0.4 is 24.5 Å². The molecule has 774 valence electrons. The maximum atomic E-state index is 14.0. The highest BCUT2D eigenvalue weighted by atomic mass is 19.4. The summed E-state index contributed by atoms with van der Waals surface area (Å²) in [5.74, 6) is -6.29. The van der Waals surface area contributed by atoms with Crippen LogP contribution in [0.3, 0.4) is 0 Å². The number of carbonyl (C=O) groups excluding carboxylic acids is 8. The van der Waals surface area contributed by atoms with E-state index in [-0.39, 0.29) is 115 Å². The number of ketones is 4. The Morgan fingerprint density at radius 1 is 0.315 bits per heavy atom. The van der Waals surface area contributed by atoms with Crippen molar-refractivity contribution in [2.45, 2.75) is 225 Å². The molecule has 0 saturated heterocycles. The van der Waals surface area contributed by atoms with Crippen molar-refractivity contribution in [2.75, 3.05) is 66.8 Å². The molecule has 7 aromatic carbocycles. The lowest BCUT2D eigenvalue weighted by Crippen LogP contribution is -2.36. The van der Waals surface area contributed by atoms with Crippen LogP contribution in [0, 0.1) is 49.2 Å². The molecule has 11 aromatic rings. The number of amides is 4. The van der Waals surface area contributed by atoms with Gasteiger partial charge in [0.15, 0.2) is 45.9 Å². The van der Waals surface area contributed by atoms with Gasteiger partial charge in [0, 0.05) is 165 Å². The Kier molecular flexibility index (Phi) is 36.4. The second-order valence-corrected chi connectivity index (χ2v) is 38.3. The molecular weight excluding hydrogens is 1910 g/mol. The first kappa shape index (κ1) is 109. The molecule has 0 spiro atoms. The summed E-state index contributed by atoms with van der Waals surface area (Å²) >= 11 is 0. The monoisotopic (exact) mass is 2030 g/mol. The molecule has 0 saturated carbocycles. The second kappa shape index (κ2) is 48.5. The van der Waals surface area contributed by atoms with Gasteiger partial charge in [-0.15, -0.1) is 0 Å². The third-order valence-corrected chi connectivity index (χ3v) is 27.1. The Labute approximate surface area is 838 Å². The van der Waals surface area contributed by atoms with E-state index in [1.807, 2.05) is 184 Å². The SMILES string of the molecule is CN(C(=O)[C@@H](CC(=O)Cn1nc(C(F)(F)F)c2c1CCCC2)CC1=CCC=C1)c1ccccc1.CN(C)c1ccc(N(C)C(=O)[C@@H](CC(=O)Cn2nc(C(F)(F)F)c3c2CCCC3)Cc2ccccc2)cc1.Cc1cc(F)cc(C[C@H](CC(=O)Cn2nc(C(F)(F)F)c3c2CCCC3)C(=O)N(C)c2ccc(F)cc2)c1.Cc1cccc(C[C@H](CC(=O)Cn2nc(C(F)(F)F)c3c2CCCC3)C(=O)N(C)c2ccccc2)c1. The van der Waals surface area contributed by atoms with Crippen molar-refractivity contribution in [1.29, 1.82) is 0 Å². The Morgan fingerprint density at radius 3 is 0.932 bits per heavy atom. The second-order valence-electron chi connectivity index (χ2n) is 38.3. The van der Waals surface area contributed by atoms with Gasteiger partial charge in [0.05, 0.1) is 26.2 Å². The molecule has 4 heterocycles. The van der Waals surface area contributed by atoms with Gasteiger partial charge in [-0.05, 0) is 256 Å². The van der Waals surface area contributed by atoms with Crippen molar-refractivity contribution in [2.24, 2.45) is 23.7 Å². The lowest BCUT2D eigenvalue weighted by atomic mass is 9.91. The molecule has 0 N–H and O–H groups in total. The van der Waals surface area contributed by atoms with Crippen LogP contribution in [0.15, 0.2) is 206 Å². The number of aryl methyl sites for hydroxylation is 2. The minimum atomic E-state index is -4.62. The van der Waals surface area contributed by atoms with Crippen molar-refractivity contribution < 1.29 is 99.8 Å². The number of Topliss-reactive ketones (excluding diaryl/α,β-unsaturated/α-hetero) is 4. The van der Waals surface area contributed by atoms with Crippen molar-refractivity contribution >= 4 is 75.2 Å². The lowest BCUT2D eigenvalue weighted by Gasteiger charge is -2.25. The van der Waals surface area contributed by atoms with E-state index in [1.54, 1.807) is 34.1 Å². The largest absolute Gasteiger partial charge is 0.435 e. The third-order valence-electron chi connectivity index (χ3n) is 27.1. The van der Waals surface area contributed by atoms with Gasteiger partial charge < -0.3 is 24.5 Å². The number of carbonyl (C=O) groups is 8. The van der Waals surface area contributed by atoms with Gasteiger partial charge in [-0.25, -0.2) is 8.78 Å². The number of halogens is 14. The van der Waals surface area contributed by atoms with E-state index < -0.39 is 101 Å². The number of rotatable bonds is 33. The van der Waals surface area contributed by atoms with Crippen molar-refractivity contribution in [3.8, 4) is 0 Å². The van der Waals surface area contributed by atoms with Gasteiger partial charge in [0.1, 0.15) is 11.6 Å². The van der Waals surface area contributed by atoms with Crippen LogP contribution in [-0.2, 0) is 160 Å². The summed E-state index contributed by atoms with van der Waals surface area (Å²) in [6.07, 6.45) is -2.27. The van der Waals surface area contributed by atoms with Gasteiger partial charge in [0.25, 0.3) is 0 Å². The number of fused-ring (bicyclic) bond motifs is 4. The van der Waals surface area contributed by atoms with Crippen LogP contribution >= 0.6 is 0 Å². The summed E-state index contributed by atoms with van der Waals surface area (Å²) in [6.45, 7) is 2.46. The molecule has 5 aliphatic carbocycles. The van der Waals surface area contributed by atoms with Crippen LogP contribution in [0.5, 0.6) is 0 Å². The first-order valence-corrected chi connectivity index (χ1v) is 49.0. The fourth-order valence-corrected chi connectivity index (χ4v) is 19.9. The minimum Gasteiger partial charge on any atom is -0.378 e. The number of para-hydroxylation sites is 2. The molecule has 0 bridgehead atoms. The Bertz CT molecular complexity index is 6480. The zero-order chi connectivity index (χ0) is 105. The van der Waals surface area contributed by atoms with Crippen molar-refractivity contribution in [3.05, 3.63) is 313 Å².